The summed E-state index contributed by atoms with van der Waals surface area (Å²) < 4.78 is 0. The van der Waals surface area contributed by atoms with Crippen LogP contribution in [-0.4, -0.2) is 29.3 Å². The Morgan fingerprint density at radius 2 is 1.66 bits per heavy atom. The molecule has 0 aliphatic heterocycles. The molecule has 0 saturated carbocycles. The van der Waals surface area contributed by atoms with Gasteiger partial charge in [-0.25, -0.2) is 0 Å². The number of benzene rings is 2. The van der Waals surface area contributed by atoms with E-state index in [2.05, 4.69) is 5.32 Å². The van der Waals surface area contributed by atoms with Gasteiger partial charge in [0.25, 0.3) is 0 Å². The van der Waals surface area contributed by atoms with Crippen LogP contribution in [0.3, 0.4) is 0 Å². The van der Waals surface area contributed by atoms with E-state index >= 15 is 0 Å². The van der Waals surface area contributed by atoms with Gasteiger partial charge in [0, 0.05) is 18.1 Å². The summed E-state index contributed by atoms with van der Waals surface area (Å²) in [6, 6.07) is 11.7. The SMILES string of the molecule is CC(C)CNC(=O)[C@@H](C)N(Cc1ccc(Cl)c(Cl)c1)C(=O)Cc1ccccc1Cl. The van der Waals surface area contributed by atoms with E-state index < -0.39 is 6.04 Å². The first-order valence-corrected chi connectivity index (χ1v) is 10.6. The Morgan fingerprint density at radius 1 is 0.966 bits per heavy atom. The Kier molecular flexibility index (Phi) is 8.81. The van der Waals surface area contributed by atoms with Crippen molar-refractivity contribution in [1.82, 2.24) is 10.2 Å². The second-order valence-electron chi connectivity index (χ2n) is 7.35. The van der Waals surface area contributed by atoms with Gasteiger partial charge >= 0.3 is 0 Å². The third kappa shape index (κ3) is 6.91. The molecule has 0 unspecified atom stereocenters. The zero-order chi connectivity index (χ0) is 21.6. The number of rotatable bonds is 8. The van der Waals surface area contributed by atoms with Gasteiger partial charge in [-0.15, -0.1) is 0 Å². The lowest BCUT2D eigenvalue weighted by atomic mass is 10.1. The van der Waals surface area contributed by atoms with Crippen LogP contribution in [0.4, 0.5) is 0 Å². The van der Waals surface area contributed by atoms with Crippen LogP contribution >= 0.6 is 34.8 Å². The van der Waals surface area contributed by atoms with Crippen molar-refractivity contribution in [2.45, 2.75) is 39.8 Å². The predicted molar refractivity (Wildman–Crippen MR) is 119 cm³/mol. The second kappa shape index (κ2) is 10.9. The van der Waals surface area contributed by atoms with Crippen molar-refractivity contribution in [1.29, 1.82) is 0 Å². The van der Waals surface area contributed by atoms with Crippen molar-refractivity contribution in [2.75, 3.05) is 6.54 Å². The van der Waals surface area contributed by atoms with Crippen LogP contribution in [0.15, 0.2) is 42.5 Å². The summed E-state index contributed by atoms with van der Waals surface area (Å²) in [5.41, 5.74) is 1.50. The normalized spacial score (nSPS) is 12.0. The molecule has 0 aliphatic carbocycles. The minimum absolute atomic E-state index is 0.1000. The van der Waals surface area contributed by atoms with Gasteiger partial charge in [0.15, 0.2) is 0 Å². The monoisotopic (exact) mass is 454 g/mol. The van der Waals surface area contributed by atoms with Crippen LogP contribution in [0, 0.1) is 5.92 Å². The Bertz CT molecular complexity index is 871. The number of carbonyl (C=O) groups is 2. The average molecular weight is 456 g/mol. The summed E-state index contributed by atoms with van der Waals surface area (Å²) in [4.78, 5) is 27.3. The largest absolute Gasteiger partial charge is 0.354 e. The zero-order valence-electron chi connectivity index (χ0n) is 16.7. The van der Waals surface area contributed by atoms with Gasteiger partial charge in [0.05, 0.1) is 16.5 Å². The van der Waals surface area contributed by atoms with E-state index in [0.29, 0.717) is 33.1 Å². The number of hydrogen-bond acceptors (Lipinski definition) is 2. The zero-order valence-corrected chi connectivity index (χ0v) is 19.0. The van der Waals surface area contributed by atoms with Crippen molar-refractivity contribution < 1.29 is 9.59 Å². The van der Waals surface area contributed by atoms with Gasteiger partial charge < -0.3 is 10.2 Å². The highest BCUT2D eigenvalue weighted by Crippen LogP contribution is 2.24. The molecule has 0 radical (unpaired) electrons. The summed E-state index contributed by atoms with van der Waals surface area (Å²) >= 11 is 18.3. The first-order chi connectivity index (χ1) is 13.7. The molecule has 0 spiro atoms. The maximum atomic E-state index is 13.1. The summed E-state index contributed by atoms with van der Waals surface area (Å²) in [5.74, 6) is -0.0869. The molecule has 0 saturated heterocycles. The van der Waals surface area contributed by atoms with Crippen LogP contribution in [0.1, 0.15) is 31.9 Å². The summed E-state index contributed by atoms with van der Waals surface area (Å²) in [6.45, 7) is 6.53. The molecule has 2 aromatic rings. The lowest BCUT2D eigenvalue weighted by molar-refractivity contribution is -0.140. The Balaban J connectivity index is 2.25. The van der Waals surface area contributed by atoms with Gasteiger partial charge in [0.2, 0.25) is 11.8 Å². The molecule has 1 N–H and O–H groups in total. The van der Waals surface area contributed by atoms with Crippen molar-refractivity contribution in [3.8, 4) is 0 Å². The molecule has 29 heavy (non-hydrogen) atoms. The van der Waals surface area contributed by atoms with Gasteiger partial charge in [-0.1, -0.05) is 72.9 Å². The van der Waals surface area contributed by atoms with Crippen molar-refractivity contribution in [2.24, 2.45) is 5.92 Å². The highest BCUT2D eigenvalue weighted by molar-refractivity contribution is 6.42. The molecular formula is C22H25Cl3N2O2. The van der Waals surface area contributed by atoms with Crippen molar-refractivity contribution >= 4 is 46.6 Å². The van der Waals surface area contributed by atoms with Gasteiger partial charge in [-0.05, 0) is 42.2 Å². The number of carbonyl (C=O) groups excluding carboxylic acids is 2. The van der Waals surface area contributed by atoms with Crippen molar-refractivity contribution in [3.63, 3.8) is 0 Å². The highest BCUT2D eigenvalue weighted by Gasteiger charge is 2.26. The van der Waals surface area contributed by atoms with Crippen LogP contribution in [-0.2, 0) is 22.6 Å². The standard InChI is InChI=1S/C22H25Cl3N2O2/c1-14(2)12-26-22(29)15(3)27(13-16-8-9-19(24)20(25)10-16)21(28)11-17-6-4-5-7-18(17)23/h4-10,14-15H,11-13H2,1-3H3,(H,26,29)/t15-/m1/s1. The van der Waals surface area contributed by atoms with Gasteiger partial charge in [0.1, 0.15) is 6.04 Å². The molecule has 1 atom stereocenters. The summed E-state index contributed by atoms with van der Waals surface area (Å²) in [7, 11) is 0. The van der Waals surface area contributed by atoms with E-state index in [0.717, 1.165) is 5.56 Å². The van der Waals surface area contributed by atoms with E-state index in [1.54, 1.807) is 42.2 Å². The number of amides is 2. The maximum Gasteiger partial charge on any atom is 0.242 e. The number of nitrogens with one attached hydrogen (secondary N) is 1. The number of nitrogens with zero attached hydrogens (tertiary/aromatic N) is 1. The Morgan fingerprint density at radius 3 is 2.28 bits per heavy atom. The molecule has 4 nitrogen and oxygen atoms in total. The molecule has 156 valence electrons. The first kappa shape index (κ1) is 23.5. The lowest BCUT2D eigenvalue weighted by Gasteiger charge is -2.29. The van der Waals surface area contributed by atoms with E-state index in [9.17, 15) is 9.59 Å². The van der Waals surface area contributed by atoms with E-state index in [1.807, 2.05) is 26.0 Å². The lowest BCUT2D eigenvalue weighted by Crippen LogP contribution is -2.48. The van der Waals surface area contributed by atoms with Crippen molar-refractivity contribution in [3.05, 3.63) is 68.7 Å². The highest BCUT2D eigenvalue weighted by atomic mass is 35.5. The van der Waals surface area contributed by atoms with Crippen LogP contribution in [0.25, 0.3) is 0 Å². The molecule has 0 heterocycles. The fourth-order valence-corrected chi connectivity index (χ4v) is 3.30. The van der Waals surface area contributed by atoms with Gasteiger partial charge in [-0.2, -0.15) is 0 Å². The molecule has 2 aromatic carbocycles. The van der Waals surface area contributed by atoms with Crippen LogP contribution in [0.2, 0.25) is 15.1 Å². The molecule has 0 aliphatic rings. The van der Waals surface area contributed by atoms with Crippen LogP contribution < -0.4 is 5.32 Å². The molecule has 0 aromatic heterocycles. The van der Waals surface area contributed by atoms with Gasteiger partial charge in [-0.3, -0.25) is 9.59 Å². The second-order valence-corrected chi connectivity index (χ2v) is 8.57. The van der Waals surface area contributed by atoms with E-state index in [-0.39, 0.29) is 24.8 Å². The van der Waals surface area contributed by atoms with E-state index in [4.69, 9.17) is 34.8 Å². The average Bonchev–Trinajstić information content (AvgIpc) is 2.68. The fourth-order valence-electron chi connectivity index (χ4n) is 2.78. The summed E-state index contributed by atoms with van der Waals surface area (Å²) in [5, 5.41) is 4.25. The molecule has 2 amide bonds. The predicted octanol–water partition coefficient (Wildman–Crippen LogP) is 5.38. The third-order valence-corrected chi connectivity index (χ3v) is 5.60. The number of halogens is 3. The minimum atomic E-state index is -0.654. The minimum Gasteiger partial charge on any atom is -0.354 e. The fraction of sp³-hybridized carbons (Fsp3) is 0.364. The Labute approximate surface area is 187 Å². The smallest absolute Gasteiger partial charge is 0.242 e. The van der Waals surface area contributed by atoms with E-state index in [1.165, 1.54) is 0 Å². The van der Waals surface area contributed by atoms with Crippen LogP contribution in [0.5, 0.6) is 0 Å². The molecular weight excluding hydrogens is 431 g/mol. The quantitative estimate of drug-likeness (QED) is 0.581. The molecule has 0 bridgehead atoms. The molecule has 2 rings (SSSR count). The third-order valence-electron chi connectivity index (χ3n) is 4.49. The maximum absolute atomic E-state index is 13.1. The summed E-state index contributed by atoms with van der Waals surface area (Å²) in [6.07, 6.45) is 0.1000. The molecule has 7 heteroatoms. The first-order valence-electron chi connectivity index (χ1n) is 9.43. The topological polar surface area (TPSA) is 49.4 Å². The Hall–Kier alpha value is -1.75. The number of hydrogen-bond donors (Lipinski definition) is 1. The molecule has 0 fully saturated rings.